The van der Waals surface area contributed by atoms with Crippen LogP contribution in [0, 0.1) is 0 Å². The van der Waals surface area contributed by atoms with Crippen LogP contribution in [-0.2, 0) is 16.4 Å². The Morgan fingerprint density at radius 3 is 2.50 bits per heavy atom. The summed E-state index contributed by atoms with van der Waals surface area (Å²) in [5.41, 5.74) is 3.61. The van der Waals surface area contributed by atoms with Gasteiger partial charge in [-0.3, -0.25) is 14.4 Å². The number of nitrogens with one attached hydrogen (secondary N) is 2. The Kier molecular flexibility index (Phi) is 6.64. The van der Waals surface area contributed by atoms with Crippen LogP contribution in [0.3, 0.4) is 0 Å². The molecule has 2 heterocycles. The van der Waals surface area contributed by atoms with Crippen LogP contribution in [0.4, 0.5) is 5.69 Å². The van der Waals surface area contributed by atoms with Crippen LogP contribution in [0.1, 0.15) is 39.3 Å². The van der Waals surface area contributed by atoms with E-state index in [1.807, 2.05) is 6.07 Å². The summed E-state index contributed by atoms with van der Waals surface area (Å²) in [7, 11) is -3.34. The number of carbonyl (C=O) groups is 1. The summed E-state index contributed by atoms with van der Waals surface area (Å²) in [4.78, 5) is 16.5. The van der Waals surface area contributed by atoms with Gasteiger partial charge in [0.15, 0.2) is 0 Å². The summed E-state index contributed by atoms with van der Waals surface area (Å²) >= 11 is 1.80. The van der Waals surface area contributed by atoms with E-state index in [-0.39, 0.29) is 11.9 Å². The standard InChI is InChI=1S/C24H27N3O3S2/c1-17-16-20-12-15-31-23(20)22(18-6-4-3-5-7-18)27(17)14-13-25-24(28)19-8-10-21(11-9-19)26-32(2,29)30/h3-12,15,17,22,26H,13-14,16H2,1-2H3,(H,25,28). The SMILES string of the molecule is CC1Cc2ccsc2C(c2ccccc2)N1CCNC(=O)c1ccc(NS(C)(=O)=O)cc1. The molecule has 0 fully saturated rings. The van der Waals surface area contributed by atoms with Crippen LogP contribution < -0.4 is 10.0 Å². The molecule has 1 amide bonds. The predicted molar refractivity (Wildman–Crippen MR) is 130 cm³/mol. The summed E-state index contributed by atoms with van der Waals surface area (Å²) in [6.45, 7) is 3.50. The molecule has 3 aromatic rings. The van der Waals surface area contributed by atoms with Gasteiger partial charge in [-0.25, -0.2) is 8.42 Å². The molecule has 1 aliphatic rings. The maximum absolute atomic E-state index is 12.6. The Labute approximate surface area is 193 Å². The summed E-state index contributed by atoms with van der Waals surface area (Å²) in [5, 5.41) is 5.18. The maximum Gasteiger partial charge on any atom is 0.251 e. The summed E-state index contributed by atoms with van der Waals surface area (Å²) < 4.78 is 25.1. The van der Waals surface area contributed by atoms with Gasteiger partial charge in [0, 0.05) is 35.3 Å². The topological polar surface area (TPSA) is 78.5 Å². The molecule has 1 aromatic heterocycles. The molecule has 32 heavy (non-hydrogen) atoms. The number of rotatable bonds is 7. The minimum atomic E-state index is -3.34. The van der Waals surface area contributed by atoms with Crippen LogP contribution in [0.2, 0.25) is 0 Å². The molecule has 0 radical (unpaired) electrons. The predicted octanol–water partition coefficient (Wildman–Crippen LogP) is 3.89. The van der Waals surface area contributed by atoms with Crippen LogP contribution in [0.15, 0.2) is 66.0 Å². The highest BCUT2D eigenvalue weighted by atomic mass is 32.2. The molecule has 0 aliphatic carbocycles. The number of anilines is 1. The number of sulfonamides is 1. The number of benzene rings is 2. The Morgan fingerprint density at radius 1 is 1.09 bits per heavy atom. The van der Waals surface area contributed by atoms with Crippen LogP contribution in [0.25, 0.3) is 0 Å². The number of carbonyl (C=O) groups excluding carboxylic acids is 1. The fourth-order valence-corrected chi connectivity index (χ4v) is 5.87. The highest BCUT2D eigenvalue weighted by Crippen LogP contribution is 2.40. The second-order valence-electron chi connectivity index (χ2n) is 8.12. The average Bonchev–Trinajstić information content (AvgIpc) is 3.21. The lowest BCUT2D eigenvalue weighted by Gasteiger charge is -2.41. The molecule has 0 spiro atoms. The van der Waals surface area contributed by atoms with E-state index < -0.39 is 10.0 Å². The lowest BCUT2D eigenvalue weighted by atomic mass is 9.91. The molecule has 2 aromatic carbocycles. The van der Waals surface area contributed by atoms with Crippen LogP contribution >= 0.6 is 11.3 Å². The van der Waals surface area contributed by atoms with Gasteiger partial charge in [0.05, 0.1) is 12.3 Å². The molecule has 1 aliphatic heterocycles. The van der Waals surface area contributed by atoms with Gasteiger partial charge in [0.25, 0.3) is 5.91 Å². The van der Waals surface area contributed by atoms with Crippen molar-refractivity contribution in [2.24, 2.45) is 0 Å². The third-order valence-corrected chi connectivity index (χ3v) is 7.28. The fourth-order valence-electron chi connectivity index (χ4n) is 4.23. The van der Waals surface area contributed by atoms with Crippen molar-refractivity contribution in [3.63, 3.8) is 0 Å². The van der Waals surface area contributed by atoms with Gasteiger partial charge in [-0.15, -0.1) is 11.3 Å². The monoisotopic (exact) mass is 469 g/mol. The van der Waals surface area contributed by atoms with E-state index >= 15 is 0 Å². The van der Waals surface area contributed by atoms with E-state index in [0.717, 1.165) is 19.2 Å². The third kappa shape index (κ3) is 5.20. The first-order valence-corrected chi connectivity index (χ1v) is 13.3. The Balaban J connectivity index is 1.43. The first kappa shape index (κ1) is 22.5. The van der Waals surface area contributed by atoms with Crippen LogP contribution in [-0.4, -0.2) is 44.6 Å². The van der Waals surface area contributed by atoms with E-state index in [2.05, 4.69) is 57.6 Å². The quantitative estimate of drug-likeness (QED) is 0.550. The molecule has 2 unspecified atom stereocenters. The molecule has 0 saturated heterocycles. The van der Waals surface area contributed by atoms with E-state index in [4.69, 9.17) is 0 Å². The highest BCUT2D eigenvalue weighted by molar-refractivity contribution is 7.92. The number of nitrogens with zero attached hydrogens (tertiary/aromatic N) is 1. The van der Waals surface area contributed by atoms with Crippen molar-refractivity contribution in [3.8, 4) is 0 Å². The lowest BCUT2D eigenvalue weighted by molar-refractivity contribution is 0.0935. The van der Waals surface area contributed by atoms with Gasteiger partial charge in [-0.05, 0) is 60.2 Å². The molecule has 0 bridgehead atoms. The number of hydrogen-bond donors (Lipinski definition) is 2. The molecule has 2 N–H and O–H groups in total. The highest BCUT2D eigenvalue weighted by Gasteiger charge is 2.33. The number of hydrogen-bond acceptors (Lipinski definition) is 5. The summed E-state index contributed by atoms with van der Waals surface area (Å²) in [6, 6.07) is 19.7. The molecule has 168 valence electrons. The van der Waals surface area contributed by atoms with E-state index in [0.29, 0.717) is 23.8 Å². The lowest BCUT2D eigenvalue weighted by Crippen LogP contribution is -2.45. The average molecular weight is 470 g/mol. The second kappa shape index (κ2) is 9.44. The minimum Gasteiger partial charge on any atom is -0.351 e. The Bertz CT molecular complexity index is 1170. The zero-order valence-electron chi connectivity index (χ0n) is 18.1. The van der Waals surface area contributed by atoms with Gasteiger partial charge in [-0.2, -0.15) is 0 Å². The zero-order chi connectivity index (χ0) is 22.7. The Hall–Kier alpha value is -2.68. The number of amides is 1. The van der Waals surface area contributed by atoms with Crippen LogP contribution in [0.5, 0.6) is 0 Å². The van der Waals surface area contributed by atoms with Crippen molar-refractivity contribution < 1.29 is 13.2 Å². The van der Waals surface area contributed by atoms with Crippen molar-refractivity contribution in [2.75, 3.05) is 24.1 Å². The molecular weight excluding hydrogens is 442 g/mol. The van der Waals surface area contributed by atoms with Gasteiger partial charge >= 0.3 is 0 Å². The second-order valence-corrected chi connectivity index (χ2v) is 10.8. The van der Waals surface area contributed by atoms with Crippen molar-refractivity contribution in [1.82, 2.24) is 10.2 Å². The first-order chi connectivity index (χ1) is 15.3. The Morgan fingerprint density at radius 2 is 1.81 bits per heavy atom. The summed E-state index contributed by atoms with van der Waals surface area (Å²) in [6.07, 6.45) is 2.10. The van der Waals surface area contributed by atoms with Crippen molar-refractivity contribution >= 4 is 33.0 Å². The van der Waals surface area contributed by atoms with Gasteiger partial charge < -0.3 is 5.32 Å². The van der Waals surface area contributed by atoms with Crippen molar-refractivity contribution in [3.05, 3.63) is 87.6 Å². The van der Waals surface area contributed by atoms with Gasteiger partial charge in [0.1, 0.15) is 0 Å². The van der Waals surface area contributed by atoms with Crippen molar-refractivity contribution in [1.29, 1.82) is 0 Å². The van der Waals surface area contributed by atoms with Gasteiger partial charge in [0.2, 0.25) is 10.0 Å². The van der Waals surface area contributed by atoms with E-state index in [1.54, 1.807) is 35.6 Å². The van der Waals surface area contributed by atoms with E-state index in [9.17, 15) is 13.2 Å². The number of thiophene rings is 1. The normalized spacial score (nSPS) is 18.7. The fraction of sp³-hybridized carbons (Fsp3) is 0.292. The van der Waals surface area contributed by atoms with E-state index in [1.165, 1.54) is 16.0 Å². The molecule has 0 saturated carbocycles. The zero-order valence-corrected chi connectivity index (χ0v) is 19.7. The largest absolute Gasteiger partial charge is 0.351 e. The molecule has 4 rings (SSSR count). The summed E-state index contributed by atoms with van der Waals surface area (Å²) in [5.74, 6) is -0.173. The number of fused-ring (bicyclic) bond motifs is 1. The smallest absolute Gasteiger partial charge is 0.251 e. The maximum atomic E-state index is 12.6. The first-order valence-electron chi connectivity index (χ1n) is 10.5. The molecule has 6 nitrogen and oxygen atoms in total. The van der Waals surface area contributed by atoms with Gasteiger partial charge in [-0.1, -0.05) is 30.3 Å². The molecular formula is C24H27N3O3S2. The van der Waals surface area contributed by atoms with Crippen molar-refractivity contribution in [2.45, 2.75) is 25.4 Å². The molecule has 8 heteroatoms. The third-order valence-electron chi connectivity index (χ3n) is 5.66. The minimum absolute atomic E-state index is 0.173. The molecule has 2 atom stereocenters.